The summed E-state index contributed by atoms with van der Waals surface area (Å²) in [7, 11) is -3.90. The molecule has 4 aromatic rings. The number of hydrogen-bond donors (Lipinski definition) is 3. The monoisotopic (exact) mass is 476 g/mol. The Morgan fingerprint density at radius 2 is 1.91 bits per heavy atom. The molecule has 0 spiro atoms. The molecular weight excluding hydrogens is 456 g/mol. The highest BCUT2D eigenvalue weighted by Gasteiger charge is 2.26. The number of sulfonamides is 1. The van der Waals surface area contributed by atoms with E-state index in [4.69, 9.17) is 4.42 Å². The molecule has 1 amide bonds. The standard InChI is InChI=1S/C24H20N4O5S/c29-23(22-12-16-14-25-10-8-20(16)27-22)26-13-15-4-6-17(7-5-15)34(31,32)28-21-3-1-2-19-18(21)9-11-33-24(19)30/h1-11,14,22,27-28H,12-13H2,(H,26,29). The Morgan fingerprint density at radius 1 is 1.09 bits per heavy atom. The van der Waals surface area contributed by atoms with Gasteiger partial charge in [0.05, 0.1) is 22.2 Å². The van der Waals surface area contributed by atoms with Gasteiger partial charge in [-0.3, -0.25) is 14.5 Å². The molecule has 10 heteroatoms. The van der Waals surface area contributed by atoms with Crippen molar-refractivity contribution in [2.45, 2.75) is 23.9 Å². The number of hydrogen-bond acceptors (Lipinski definition) is 7. The van der Waals surface area contributed by atoms with Gasteiger partial charge in [0.2, 0.25) is 5.91 Å². The first-order chi connectivity index (χ1) is 16.4. The Morgan fingerprint density at radius 3 is 2.71 bits per heavy atom. The molecule has 0 saturated carbocycles. The van der Waals surface area contributed by atoms with E-state index in [9.17, 15) is 18.0 Å². The molecular formula is C24H20N4O5S. The maximum absolute atomic E-state index is 12.9. The van der Waals surface area contributed by atoms with Crippen LogP contribution in [0.3, 0.4) is 0 Å². The van der Waals surface area contributed by atoms with Gasteiger partial charge in [0.1, 0.15) is 6.04 Å². The number of amides is 1. The van der Waals surface area contributed by atoms with E-state index in [0.29, 0.717) is 11.8 Å². The van der Waals surface area contributed by atoms with E-state index in [1.54, 1.807) is 42.7 Å². The molecule has 0 aliphatic carbocycles. The summed E-state index contributed by atoms with van der Waals surface area (Å²) in [6.45, 7) is 0.262. The average Bonchev–Trinajstić information content (AvgIpc) is 3.28. The second kappa shape index (κ2) is 8.64. The van der Waals surface area contributed by atoms with E-state index in [1.165, 1.54) is 24.5 Å². The second-order valence-corrected chi connectivity index (χ2v) is 9.56. The molecule has 1 aliphatic heterocycles. The number of nitrogens with one attached hydrogen (secondary N) is 3. The largest absolute Gasteiger partial charge is 0.431 e. The number of pyridine rings is 1. The van der Waals surface area contributed by atoms with Crippen LogP contribution in [0.2, 0.25) is 0 Å². The van der Waals surface area contributed by atoms with Crippen LogP contribution in [0.5, 0.6) is 0 Å². The Kier molecular flexibility index (Phi) is 5.50. The molecule has 3 N–H and O–H groups in total. The molecule has 0 bridgehead atoms. The van der Waals surface area contributed by atoms with Crippen LogP contribution in [0.1, 0.15) is 11.1 Å². The molecule has 172 valence electrons. The minimum absolute atomic E-state index is 0.0583. The number of anilines is 2. The smallest absolute Gasteiger partial charge is 0.343 e. The summed E-state index contributed by atoms with van der Waals surface area (Å²) in [5.41, 5.74) is 2.40. The van der Waals surface area contributed by atoms with Crippen LogP contribution in [0.25, 0.3) is 10.8 Å². The van der Waals surface area contributed by atoms with Crippen molar-refractivity contribution in [1.29, 1.82) is 0 Å². The van der Waals surface area contributed by atoms with Gasteiger partial charge in [-0.1, -0.05) is 18.2 Å². The lowest BCUT2D eigenvalue weighted by atomic mass is 10.1. The number of carbonyl (C=O) groups is 1. The van der Waals surface area contributed by atoms with E-state index in [0.717, 1.165) is 16.8 Å². The third-order valence-corrected chi connectivity index (χ3v) is 7.04. The zero-order valence-electron chi connectivity index (χ0n) is 17.8. The van der Waals surface area contributed by atoms with Gasteiger partial charge in [-0.05, 0) is 47.5 Å². The molecule has 9 nitrogen and oxygen atoms in total. The maximum atomic E-state index is 12.9. The number of nitrogens with zero attached hydrogens (tertiary/aromatic N) is 1. The molecule has 0 fully saturated rings. The van der Waals surface area contributed by atoms with Crippen molar-refractivity contribution in [3.05, 3.63) is 94.8 Å². The van der Waals surface area contributed by atoms with E-state index in [-0.39, 0.29) is 34.5 Å². The first-order valence-corrected chi connectivity index (χ1v) is 12.0. The van der Waals surface area contributed by atoms with E-state index < -0.39 is 15.6 Å². The summed E-state index contributed by atoms with van der Waals surface area (Å²) >= 11 is 0. The van der Waals surface area contributed by atoms with Gasteiger partial charge in [0, 0.05) is 36.4 Å². The van der Waals surface area contributed by atoms with Crippen LogP contribution in [-0.2, 0) is 27.8 Å². The Labute approximate surface area is 194 Å². The van der Waals surface area contributed by atoms with E-state index in [2.05, 4.69) is 20.3 Å². The SMILES string of the molecule is O=C(NCc1ccc(S(=O)(=O)Nc2cccc3c(=O)occc23)cc1)C1Cc2cnccc2N1. The Bertz CT molecular complexity index is 1520. The molecule has 5 rings (SSSR count). The van der Waals surface area contributed by atoms with Crippen LogP contribution in [-0.4, -0.2) is 25.4 Å². The molecule has 1 aliphatic rings. The van der Waals surface area contributed by atoms with Crippen molar-refractivity contribution in [3.63, 3.8) is 0 Å². The van der Waals surface area contributed by atoms with Crippen molar-refractivity contribution in [3.8, 4) is 0 Å². The summed E-state index contributed by atoms with van der Waals surface area (Å²) in [6, 6.07) is 14.0. The third-order valence-electron chi connectivity index (χ3n) is 5.65. The third kappa shape index (κ3) is 4.23. The van der Waals surface area contributed by atoms with E-state index in [1.807, 2.05) is 6.07 Å². The van der Waals surface area contributed by atoms with Crippen molar-refractivity contribution in [2.24, 2.45) is 0 Å². The molecule has 0 radical (unpaired) electrons. The summed E-state index contributed by atoms with van der Waals surface area (Å²) in [6.07, 6.45) is 5.21. The van der Waals surface area contributed by atoms with Crippen molar-refractivity contribution in [2.75, 3.05) is 10.0 Å². The first-order valence-electron chi connectivity index (χ1n) is 10.5. The maximum Gasteiger partial charge on any atom is 0.343 e. The van der Waals surface area contributed by atoms with Crippen LogP contribution >= 0.6 is 0 Å². The van der Waals surface area contributed by atoms with Gasteiger partial charge < -0.3 is 15.1 Å². The summed E-state index contributed by atoms with van der Waals surface area (Å²) in [4.78, 5) is 28.5. The number of carbonyl (C=O) groups excluding carboxylic acids is 1. The lowest BCUT2D eigenvalue weighted by Gasteiger charge is -2.13. The van der Waals surface area contributed by atoms with Gasteiger partial charge in [0.25, 0.3) is 10.0 Å². The van der Waals surface area contributed by atoms with Crippen molar-refractivity contribution < 1.29 is 17.6 Å². The van der Waals surface area contributed by atoms with Crippen molar-refractivity contribution >= 4 is 38.1 Å². The summed E-state index contributed by atoms with van der Waals surface area (Å²) < 4.78 is 33.2. The Hall–Kier alpha value is -4.18. The molecule has 2 aromatic carbocycles. The number of rotatable bonds is 6. The van der Waals surface area contributed by atoms with Gasteiger partial charge in [0.15, 0.2) is 0 Å². The minimum Gasteiger partial charge on any atom is -0.431 e. The summed E-state index contributed by atoms with van der Waals surface area (Å²) in [5, 5.41) is 6.77. The van der Waals surface area contributed by atoms with E-state index >= 15 is 0 Å². The van der Waals surface area contributed by atoms with Gasteiger partial charge in [-0.25, -0.2) is 13.2 Å². The topological polar surface area (TPSA) is 130 Å². The quantitative estimate of drug-likeness (QED) is 0.390. The minimum atomic E-state index is -3.90. The van der Waals surface area contributed by atoms with Crippen LogP contribution < -0.4 is 21.0 Å². The zero-order chi connectivity index (χ0) is 23.7. The normalized spacial score (nSPS) is 14.9. The number of fused-ring (bicyclic) bond motifs is 2. The zero-order valence-corrected chi connectivity index (χ0v) is 18.6. The highest BCUT2D eigenvalue weighted by Crippen LogP contribution is 2.25. The van der Waals surface area contributed by atoms with Gasteiger partial charge in [-0.15, -0.1) is 0 Å². The first kappa shape index (κ1) is 21.7. The number of aromatic nitrogens is 1. The molecule has 1 unspecified atom stereocenters. The summed E-state index contributed by atoms with van der Waals surface area (Å²) in [5.74, 6) is -0.144. The molecule has 34 heavy (non-hydrogen) atoms. The van der Waals surface area contributed by atoms with Crippen LogP contribution in [0.15, 0.2) is 87.4 Å². The fraction of sp³-hybridized carbons (Fsp3) is 0.125. The second-order valence-electron chi connectivity index (χ2n) is 7.88. The lowest BCUT2D eigenvalue weighted by molar-refractivity contribution is -0.121. The average molecular weight is 477 g/mol. The highest BCUT2D eigenvalue weighted by atomic mass is 32.2. The molecule has 1 atom stereocenters. The highest BCUT2D eigenvalue weighted by molar-refractivity contribution is 7.92. The van der Waals surface area contributed by atoms with Crippen LogP contribution in [0, 0.1) is 0 Å². The fourth-order valence-corrected chi connectivity index (χ4v) is 4.97. The van der Waals surface area contributed by atoms with Gasteiger partial charge in [-0.2, -0.15) is 0 Å². The van der Waals surface area contributed by atoms with Gasteiger partial charge >= 0.3 is 5.63 Å². The molecule has 3 heterocycles. The predicted octanol–water partition coefficient (Wildman–Crippen LogP) is 2.64. The molecule has 0 saturated heterocycles. The van der Waals surface area contributed by atoms with Crippen LogP contribution in [0.4, 0.5) is 11.4 Å². The molecule has 2 aromatic heterocycles. The van der Waals surface area contributed by atoms with Crippen molar-refractivity contribution in [1.82, 2.24) is 10.3 Å². The number of benzene rings is 2. The lowest BCUT2D eigenvalue weighted by Crippen LogP contribution is -2.38. The Balaban J connectivity index is 1.25. The fourth-order valence-electron chi connectivity index (χ4n) is 3.89. The predicted molar refractivity (Wildman–Crippen MR) is 127 cm³/mol.